The Kier molecular flexibility index (Phi) is 3.56. The molecule has 1 aliphatic heterocycles. The summed E-state index contributed by atoms with van der Waals surface area (Å²) in [5, 5.41) is 4.27. The van der Waals surface area contributed by atoms with Gasteiger partial charge in [0.2, 0.25) is 5.91 Å². The minimum absolute atomic E-state index is 0.0381. The van der Waals surface area contributed by atoms with E-state index in [-0.39, 0.29) is 18.5 Å². The minimum atomic E-state index is 0.0381. The van der Waals surface area contributed by atoms with Gasteiger partial charge in [-0.1, -0.05) is 0 Å². The number of anilines is 1. The summed E-state index contributed by atoms with van der Waals surface area (Å²) in [6.07, 6.45) is 0.904. The standard InChI is InChI=1S/C12H20N4O2/c1-8-12(13)9(2)16(14-8)6-11(17)15(3)10-4-5-18-7-10/h10H,4-7,13H2,1-3H3. The number of nitrogens with zero attached hydrogens (tertiary/aromatic N) is 3. The number of nitrogens with two attached hydrogens (primary N) is 1. The number of rotatable bonds is 3. The second-order valence-electron chi connectivity index (χ2n) is 4.76. The van der Waals surface area contributed by atoms with E-state index < -0.39 is 0 Å². The van der Waals surface area contributed by atoms with Crippen LogP contribution in [0.25, 0.3) is 0 Å². The van der Waals surface area contributed by atoms with E-state index >= 15 is 0 Å². The highest BCUT2D eigenvalue weighted by Gasteiger charge is 2.24. The number of aromatic nitrogens is 2. The van der Waals surface area contributed by atoms with E-state index in [0.717, 1.165) is 24.4 Å². The first-order valence-corrected chi connectivity index (χ1v) is 6.13. The van der Waals surface area contributed by atoms with Crippen LogP contribution in [0.3, 0.4) is 0 Å². The van der Waals surface area contributed by atoms with Crippen LogP contribution in [0.1, 0.15) is 17.8 Å². The fourth-order valence-corrected chi connectivity index (χ4v) is 2.14. The fourth-order valence-electron chi connectivity index (χ4n) is 2.14. The quantitative estimate of drug-likeness (QED) is 0.841. The van der Waals surface area contributed by atoms with Crippen LogP contribution < -0.4 is 5.73 Å². The van der Waals surface area contributed by atoms with Gasteiger partial charge in [0.15, 0.2) is 0 Å². The van der Waals surface area contributed by atoms with Gasteiger partial charge in [-0.15, -0.1) is 0 Å². The fraction of sp³-hybridized carbons (Fsp3) is 0.667. The second kappa shape index (κ2) is 4.97. The number of carbonyl (C=O) groups is 1. The molecule has 1 fully saturated rings. The zero-order valence-corrected chi connectivity index (χ0v) is 11.1. The smallest absolute Gasteiger partial charge is 0.244 e. The first-order chi connectivity index (χ1) is 8.50. The predicted octanol–water partition coefficient (Wildman–Crippen LogP) is 0.329. The van der Waals surface area contributed by atoms with Crippen LogP contribution in [0, 0.1) is 13.8 Å². The Hall–Kier alpha value is -1.56. The molecule has 6 heteroatoms. The first-order valence-electron chi connectivity index (χ1n) is 6.13. The van der Waals surface area contributed by atoms with Crippen LogP contribution in [0.5, 0.6) is 0 Å². The first kappa shape index (κ1) is 12.9. The zero-order chi connectivity index (χ0) is 13.3. The Labute approximate surface area is 107 Å². The number of amides is 1. The molecule has 0 spiro atoms. The number of hydrogen-bond donors (Lipinski definition) is 1. The molecule has 1 amide bonds. The molecule has 1 aliphatic rings. The monoisotopic (exact) mass is 252 g/mol. The van der Waals surface area contributed by atoms with Crippen molar-refractivity contribution in [2.24, 2.45) is 0 Å². The molecule has 0 aromatic carbocycles. The van der Waals surface area contributed by atoms with Crippen molar-refractivity contribution in [1.29, 1.82) is 0 Å². The predicted molar refractivity (Wildman–Crippen MR) is 68.1 cm³/mol. The van der Waals surface area contributed by atoms with Gasteiger partial charge >= 0.3 is 0 Å². The van der Waals surface area contributed by atoms with Crippen LogP contribution in [-0.2, 0) is 16.1 Å². The van der Waals surface area contributed by atoms with Gasteiger partial charge in [0.05, 0.1) is 29.7 Å². The molecular weight excluding hydrogens is 232 g/mol. The van der Waals surface area contributed by atoms with E-state index in [1.807, 2.05) is 20.9 Å². The maximum Gasteiger partial charge on any atom is 0.244 e. The molecule has 2 heterocycles. The Morgan fingerprint density at radius 3 is 2.83 bits per heavy atom. The summed E-state index contributed by atoms with van der Waals surface area (Å²) in [4.78, 5) is 13.9. The van der Waals surface area contributed by atoms with Gasteiger partial charge in [-0.05, 0) is 20.3 Å². The van der Waals surface area contributed by atoms with E-state index in [1.54, 1.807) is 9.58 Å². The summed E-state index contributed by atoms with van der Waals surface area (Å²) in [7, 11) is 1.82. The summed E-state index contributed by atoms with van der Waals surface area (Å²) in [5.41, 5.74) is 8.13. The number of carbonyl (C=O) groups excluding carboxylic acids is 1. The van der Waals surface area contributed by atoms with E-state index in [9.17, 15) is 4.79 Å². The Bertz CT molecular complexity index is 449. The molecule has 1 saturated heterocycles. The lowest BCUT2D eigenvalue weighted by Gasteiger charge is -2.23. The number of aryl methyl sites for hydroxylation is 1. The molecule has 1 atom stereocenters. The summed E-state index contributed by atoms with van der Waals surface area (Å²) >= 11 is 0. The zero-order valence-electron chi connectivity index (χ0n) is 11.1. The van der Waals surface area contributed by atoms with Crippen molar-refractivity contribution in [3.63, 3.8) is 0 Å². The van der Waals surface area contributed by atoms with E-state index in [1.165, 1.54) is 0 Å². The third-order valence-corrected chi connectivity index (χ3v) is 3.57. The van der Waals surface area contributed by atoms with Gasteiger partial charge in [0.1, 0.15) is 6.54 Å². The van der Waals surface area contributed by atoms with Gasteiger partial charge in [0, 0.05) is 13.7 Å². The lowest BCUT2D eigenvalue weighted by Crippen LogP contribution is -2.39. The Morgan fingerprint density at radius 1 is 1.61 bits per heavy atom. The van der Waals surface area contributed by atoms with Gasteiger partial charge < -0.3 is 15.4 Å². The molecule has 0 radical (unpaired) electrons. The number of ether oxygens (including phenoxy) is 1. The lowest BCUT2D eigenvalue weighted by atomic mass is 10.2. The second-order valence-corrected chi connectivity index (χ2v) is 4.76. The highest BCUT2D eigenvalue weighted by atomic mass is 16.5. The van der Waals surface area contributed by atoms with Crippen molar-refractivity contribution in [3.8, 4) is 0 Å². The Morgan fingerprint density at radius 2 is 2.33 bits per heavy atom. The lowest BCUT2D eigenvalue weighted by molar-refractivity contribution is -0.132. The number of hydrogen-bond acceptors (Lipinski definition) is 4. The van der Waals surface area contributed by atoms with Crippen molar-refractivity contribution >= 4 is 11.6 Å². The average molecular weight is 252 g/mol. The molecule has 1 aromatic heterocycles. The van der Waals surface area contributed by atoms with Crippen molar-refractivity contribution in [2.45, 2.75) is 32.9 Å². The third-order valence-electron chi connectivity index (χ3n) is 3.57. The summed E-state index contributed by atoms with van der Waals surface area (Å²) in [6.45, 7) is 5.31. The SMILES string of the molecule is Cc1nn(CC(=O)N(C)C2CCOC2)c(C)c1N. The maximum atomic E-state index is 12.1. The molecule has 18 heavy (non-hydrogen) atoms. The van der Waals surface area contributed by atoms with Gasteiger partial charge in [0.25, 0.3) is 0 Å². The van der Waals surface area contributed by atoms with Crippen LogP contribution in [-0.4, -0.2) is 46.9 Å². The van der Waals surface area contributed by atoms with E-state index in [2.05, 4.69) is 5.10 Å². The molecule has 0 aliphatic carbocycles. The highest BCUT2D eigenvalue weighted by molar-refractivity contribution is 5.76. The van der Waals surface area contributed by atoms with Gasteiger partial charge in [-0.3, -0.25) is 9.48 Å². The molecule has 100 valence electrons. The normalized spacial score (nSPS) is 19.2. The molecule has 0 bridgehead atoms. The minimum Gasteiger partial charge on any atom is -0.396 e. The van der Waals surface area contributed by atoms with Crippen LogP contribution in [0.2, 0.25) is 0 Å². The Balaban J connectivity index is 2.04. The average Bonchev–Trinajstić information content (AvgIpc) is 2.94. The third kappa shape index (κ3) is 2.33. The highest BCUT2D eigenvalue weighted by Crippen LogP contribution is 2.16. The van der Waals surface area contributed by atoms with Crippen LogP contribution in [0.15, 0.2) is 0 Å². The van der Waals surface area contributed by atoms with Crippen LogP contribution in [0.4, 0.5) is 5.69 Å². The number of nitrogen functional groups attached to an aromatic ring is 1. The van der Waals surface area contributed by atoms with Crippen LogP contribution >= 0.6 is 0 Å². The van der Waals surface area contributed by atoms with Gasteiger partial charge in [-0.25, -0.2) is 0 Å². The van der Waals surface area contributed by atoms with Crippen molar-refractivity contribution in [3.05, 3.63) is 11.4 Å². The number of likely N-dealkylation sites (N-methyl/N-ethyl adjacent to an activating group) is 1. The van der Waals surface area contributed by atoms with E-state index in [0.29, 0.717) is 12.3 Å². The molecule has 2 rings (SSSR count). The summed E-state index contributed by atoms with van der Waals surface area (Å²) in [5.74, 6) is 0.0381. The van der Waals surface area contributed by atoms with Gasteiger partial charge in [-0.2, -0.15) is 5.10 Å². The molecule has 0 saturated carbocycles. The molecular formula is C12H20N4O2. The largest absolute Gasteiger partial charge is 0.396 e. The summed E-state index contributed by atoms with van der Waals surface area (Å²) < 4.78 is 6.96. The van der Waals surface area contributed by atoms with Crippen molar-refractivity contribution < 1.29 is 9.53 Å². The van der Waals surface area contributed by atoms with E-state index in [4.69, 9.17) is 10.5 Å². The molecule has 2 N–H and O–H groups in total. The topological polar surface area (TPSA) is 73.4 Å². The molecule has 1 unspecified atom stereocenters. The van der Waals surface area contributed by atoms with Crippen molar-refractivity contribution in [1.82, 2.24) is 14.7 Å². The van der Waals surface area contributed by atoms with Crippen molar-refractivity contribution in [2.75, 3.05) is 26.0 Å². The molecule has 6 nitrogen and oxygen atoms in total. The maximum absolute atomic E-state index is 12.1. The summed E-state index contributed by atoms with van der Waals surface area (Å²) in [6, 6.07) is 0.187. The molecule has 1 aromatic rings.